The molecular weight excluding hydrogens is 205 g/mol. The summed E-state index contributed by atoms with van der Waals surface area (Å²) in [6, 6.07) is 4.52. The molecule has 86 valence electrons. The molecule has 0 spiro atoms. The number of nitrogens with zero attached hydrogens (tertiary/aromatic N) is 2. The zero-order valence-electron chi connectivity index (χ0n) is 9.19. The molecule has 2 aliphatic heterocycles. The van der Waals surface area contributed by atoms with Gasteiger partial charge in [-0.3, -0.25) is 0 Å². The van der Waals surface area contributed by atoms with Crippen molar-refractivity contribution in [1.29, 1.82) is 0 Å². The molecule has 1 aromatic heterocycles. The molecule has 2 unspecified atom stereocenters. The molecule has 0 radical (unpaired) electrons. The van der Waals surface area contributed by atoms with E-state index in [1.165, 1.54) is 25.1 Å². The van der Waals surface area contributed by atoms with E-state index < -0.39 is 0 Å². The van der Waals surface area contributed by atoms with E-state index in [-0.39, 0.29) is 5.82 Å². The van der Waals surface area contributed by atoms with Crippen molar-refractivity contribution in [2.45, 2.75) is 31.3 Å². The van der Waals surface area contributed by atoms with E-state index in [1.807, 2.05) is 0 Å². The molecule has 3 nitrogen and oxygen atoms in total. The third-order valence-electron chi connectivity index (χ3n) is 3.56. The fourth-order valence-electron chi connectivity index (χ4n) is 2.71. The minimum atomic E-state index is -0.266. The number of hydrogen-bond acceptors (Lipinski definition) is 3. The Morgan fingerprint density at radius 3 is 2.94 bits per heavy atom. The van der Waals surface area contributed by atoms with E-state index in [2.05, 4.69) is 15.2 Å². The summed E-state index contributed by atoms with van der Waals surface area (Å²) in [7, 11) is 0. The Morgan fingerprint density at radius 2 is 2.12 bits per heavy atom. The summed E-state index contributed by atoms with van der Waals surface area (Å²) in [4.78, 5) is 6.41. The van der Waals surface area contributed by atoms with Gasteiger partial charge >= 0.3 is 0 Å². The van der Waals surface area contributed by atoms with Crippen molar-refractivity contribution in [3.63, 3.8) is 0 Å². The summed E-state index contributed by atoms with van der Waals surface area (Å²) in [5.74, 6) is 0.633. The minimum absolute atomic E-state index is 0.266. The second-order valence-corrected chi connectivity index (χ2v) is 4.71. The molecule has 0 amide bonds. The topological polar surface area (TPSA) is 28.2 Å². The van der Waals surface area contributed by atoms with Crippen LogP contribution in [-0.2, 0) is 0 Å². The Morgan fingerprint density at radius 1 is 1.25 bits per heavy atom. The summed E-state index contributed by atoms with van der Waals surface area (Å²) < 4.78 is 12.8. The van der Waals surface area contributed by atoms with Crippen LogP contribution in [0, 0.1) is 5.82 Å². The highest BCUT2D eigenvalue weighted by Gasteiger charge is 2.29. The van der Waals surface area contributed by atoms with Crippen molar-refractivity contribution >= 4 is 5.82 Å². The van der Waals surface area contributed by atoms with Gasteiger partial charge in [-0.15, -0.1) is 0 Å². The van der Waals surface area contributed by atoms with E-state index in [1.54, 1.807) is 6.07 Å². The second kappa shape index (κ2) is 4.01. The van der Waals surface area contributed by atoms with E-state index in [4.69, 9.17) is 0 Å². The molecule has 0 saturated carbocycles. The van der Waals surface area contributed by atoms with Crippen molar-refractivity contribution in [3.8, 4) is 0 Å². The van der Waals surface area contributed by atoms with Gasteiger partial charge in [0, 0.05) is 25.2 Å². The largest absolute Gasteiger partial charge is 0.355 e. The number of nitrogens with one attached hydrogen (secondary N) is 1. The molecule has 2 bridgehead atoms. The number of pyridine rings is 1. The zero-order valence-corrected chi connectivity index (χ0v) is 9.19. The van der Waals surface area contributed by atoms with Crippen LogP contribution in [0.2, 0.25) is 0 Å². The predicted molar refractivity (Wildman–Crippen MR) is 61.0 cm³/mol. The van der Waals surface area contributed by atoms with Gasteiger partial charge in [-0.05, 0) is 31.4 Å². The van der Waals surface area contributed by atoms with Gasteiger partial charge in [0.25, 0.3) is 0 Å². The number of hydrogen-bond donors (Lipinski definition) is 1. The maximum absolute atomic E-state index is 12.8. The summed E-state index contributed by atoms with van der Waals surface area (Å²) in [6.07, 6.45) is 5.01. The van der Waals surface area contributed by atoms with Crippen molar-refractivity contribution in [3.05, 3.63) is 24.1 Å². The predicted octanol–water partition coefficient (Wildman–Crippen LogP) is 1.55. The lowest BCUT2D eigenvalue weighted by molar-refractivity contribution is 0.563. The van der Waals surface area contributed by atoms with E-state index in [0.717, 1.165) is 25.3 Å². The van der Waals surface area contributed by atoms with Gasteiger partial charge in [0.05, 0.1) is 6.20 Å². The van der Waals surface area contributed by atoms with Crippen LogP contribution in [0.4, 0.5) is 10.2 Å². The van der Waals surface area contributed by atoms with E-state index in [0.29, 0.717) is 12.1 Å². The van der Waals surface area contributed by atoms with Gasteiger partial charge in [0.15, 0.2) is 0 Å². The van der Waals surface area contributed by atoms with Crippen LogP contribution in [0.25, 0.3) is 0 Å². The number of halogens is 1. The highest BCUT2D eigenvalue weighted by Crippen LogP contribution is 2.23. The van der Waals surface area contributed by atoms with Gasteiger partial charge in [-0.2, -0.15) is 0 Å². The smallest absolute Gasteiger partial charge is 0.141 e. The summed E-state index contributed by atoms with van der Waals surface area (Å²) in [5, 5.41) is 3.62. The Kier molecular flexibility index (Phi) is 2.52. The first-order chi connectivity index (χ1) is 7.81. The fourth-order valence-corrected chi connectivity index (χ4v) is 2.71. The molecule has 16 heavy (non-hydrogen) atoms. The van der Waals surface area contributed by atoms with Gasteiger partial charge in [0.1, 0.15) is 11.6 Å². The number of fused-ring (bicyclic) bond motifs is 2. The number of anilines is 1. The normalized spacial score (nSPS) is 29.2. The van der Waals surface area contributed by atoms with Gasteiger partial charge < -0.3 is 10.2 Å². The molecule has 3 heterocycles. The van der Waals surface area contributed by atoms with Crippen LogP contribution in [0.15, 0.2) is 18.3 Å². The van der Waals surface area contributed by atoms with Crippen LogP contribution >= 0.6 is 0 Å². The Hall–Kier alpha value is -1.16. The molecule has 4 heteroatoms. The lowest BCUT2D eigenvalue weighted by Gasteiger charge is -2.25. The summed E-state index contributed by atoms with van der Waals surface area (Å²) >= 11 is 0. The Balaban J connectivity index is 1.77. The van der Waals surface area contributed by atoms with E-state index in [9.17, 15) is 4.39 Å². The minimum Gasteiger partial charge on any atom is -0.355 e. The number of aromatic nitrogens is 1. The van der Waals surface area contributed by atoms with Crippen LogP contribution in [0.1, 0.15) is 19.3 Å². The second-order valence-electron chi connectivity index (χ2n) is 4.71. The summed E-state index contributed by atoms with van der Waals surface area (Å²) in [5.41, 5.74) is 0. The van der Waals surface area contributed by atoms with Crippen LogP contribution in [0.5, 0.6) is 0 Å². The molecule has 1 N–H and O–H groups in total. The highest BCUT2D eigenvalue weighted by molar-refractivity contribution is 5.38. The zero-order chi connectivity index (χ0) is 11.0. The van der Waals surface area contributed by atoms with E-state index >= 15 is 0 Å². The van der Waals surface area contributed by atoms with Crippen LogP contribution in [-0.4, -0.2) is 30.2 Å². The maximum atomic E-state index is 12.8. The average Bonchev–Trinajstić information content (AvgIpc) is 2.60. The van der Waals surface area contributed by atoms with Gasteiger partial charge in [0.2, 0.25) is 0 Å². The first-order valence-corrected chi connectivity index (χ1v) is 5.94. The molecule has 1 aromatic rings. The van der Waals surface area contributed by atoms with Crippen LogP contribution in [0.3, 0.4) is 0 Å². The summed E-state index contributed by atoms with van der Waals surface area (Å²) in [6.45, 7) is 2.02. The Bertz CT molecular complexity index is 365. The molecule has 2 atom stereocenters. The quantitative estimate of drug-likeness (QED) is 0.780. The molecular formula is C12H16FN3. The monoisotopic (exact) mass is 221 g/mol. The van der Waals surface area contributed by atoms with Crippen molar-refractivity contribution in [2.24, 2.45) is 0 Å². The fraction of sp³-hybridized carbons (Fsp3) is 0.583. The maximum Gasteiger partial charge on any atom is 0.141 e. The molecule has 0 aromatic carbocycles. The Labute approximate surface area is 94.7 Å². The molecule has 2 aliphatic rings. The molecule has 2 saturated heterocycles. The number of rotatable bonds is 1. The highest BCUT2D eigenvalue weighted by atomic mass is 19.1. The van der Waals surface area contributed by atoms with Gasteiger partial charge in [-0.25, -0.2) is 9.37 Å². The molecule has 0 aliphatic carbocycles. The lowest BCUT2D eigenvalue weighted by Crippen LogP contribution is -2.35. The van der Waals surface area contributed by atoms with Crippen molar-refractivity contribution < 1.29 is 4.39 Å². The third kappa shape index (κ3) is 1.89. The van der Waals surface area contributed by atoms with Crippen molar-refractivity contribution in [2.75, 3.05) is 18.0 Å². The molecule has 3 rings (SSSR count). The standard InChI is InChI=1S/C12H16FN3/c13-9-1-4-12(14-7-9)16-6-5-10-2-3-11(8-16)15-10/h1,4,7,10-11,15H,2-3,5-6,8H2. The third-order valence-corrected chi connectivity index (χ3v) is 3.56. The molecule has 2 fully saturated rings. The van der Waals surface area contributed by atoms with Crippen LogP contribution < -0.4 is 10.2 Å². The SMILES string of the molecule is Fc1ccc(N2CCC3CCC(C2)N3)nc1. The lowest BCUT2D eigenvalue weighted by atomic mass is 10.1. The first kappa shape index (κ1) is 10.0. The average molecular weight is 221 g/mol. The first-order valence-electron chi connectivity index (χ1n) is 5.94. The van der Waals surface area contributed by atoms with Crippen molar-refractivity contribution in [1.82, 2.24) is 10.3 Å². The van der Waals surface area contributed by atoms with Gasteiger partial charge in [-0.1, -0.05) is 0 Å².